The summed E-state index contributed by atoms with van der Waals surface area (Å²) in [6.45, 7) is 0. The fourth-order valence-corrected chi connectivity index (χ4v) is 6.02. The van der Waals surface area contributed by atoms with E-state index in [0.717, 1.165) is 43.3 Å². The van der Waals surface area contributed by atoms with Gasteiger partial charge in [0.15, 0.2) is 0 Å². The van der Waals surface area contributed by atoms with E-state index in [0.29, 0.717) is 0 Å². The molecule has 0 unspecified atom stereocenters. The summed E-state index contributed by atoms with van der Waals surface area (Å²) in [6.07, 6.45) is 6.74. The van der Waals surface area contributed by atoms with Gasteiger partial charge in [-0.15, -0.1) is 0 Å². The minimum absolute atomic E-state index is 0. The minimum atomic E-state index is -6.00. The van der Waals surface area contributed by atoms with Crippen molar-refractivity contribution in [2.45, 2.75) is 0 Å². The van der Waals surface area contributed by atoms with E-state index in [1.807, 2.05) is 97.1 Å². The number of hydrogen-bond acceptors (Lipinski definition) is 6. The maximum atomic E-state index is 9.75. The molecule has 46 heavy (non-hydrogen) atoms. The zero-order valence-electron chi connectivity index (χ0n) is 23.5. The molecule has 234 valence electrons. The predicted molar refractivity (Wildman–Crippen MR) is 173 cm³/mol. The Labute approximate surface area is 285 Å². The molecule has 6 rings (SSSR count). The number of rotatable bonds is 8. The first kappa shape index (κ1) is 36.3. The number of aromatic nitrogens is 4. The van der Waals surface area contributed by atoms with Gasteiger partial charge in [-0.05, 0) is 0 Å². The van der Waals surface area contributed by atoms with E-state index in [1.165, 1.54) is 0 Å². The predicted octanol–water partition coefficient (Wildman–Crippen LogP) is 7.78. The third kappa shape index (κ3) is 13.9. The van der Waals surface area contributed by atoms with Crippen LogP contribution in [0.15, 0.2) is 130 Å². The maximum absolute atomic E-state index is 9.75. The Morgan fingerprint density at radius 1 is 0.565 bits per heavy atom. The molecular weight excluding hydrogens is 776 g/mol. The van der Waals surface area contributed by atoms with Crippen LogP contribution in [0.2, 0.25) is 0 Å². The second-order valence-electron chi connectivity index (χ2n) is 8.46. The van der Waals surface area contributed by atoms with Gasteiger partial charge >= 0.3 is 269 Å². The molecule has 2 aromatic carbocycles. The summed E-state index contributed by atoms with van der Waals surface area (Å²) in [5.74, 6) is 0. The van der Waals surface area contributed by atoms with Crippen molar-refractivity contribution in [2.75, 3.05) is 0 Å². The Morgan fingerprint density at radius 3 is 1.28 bits per heavy atom. The van der Waals surface area contributed by atoms with E-state index >= 15 is 0 Å². The third-order valence-corrected chi connectivity index (χ3v) is 8.21. The zero-order valence-corrected chi connectivity index (χ0v) is 28.0. The molecule has 0 spiro atoms. The van der Waals surface area contributed by atoms with Gasteiger partial charge in [0.25, 0.3) is 0 Å². The van der Waals surface area contributed by atoms with Gasteiger partial charge in [-0.3, -0.25) is 0 Å². The molecule has 16 heteroatoms. The Kier molecular flexibility index (Phi) is 15.3. The second kappa shape index (κ2) is 19.4. The average Bonchev–Trinajstić information content (AvgIpc) is 3.73. The summed E-state index contributed by atoms with van der Waals surface area (Å²) in [5.41, 5.74) is 14.1. The molecule has 4 heterocycles. The van der Waals surface area contributed by atoms with Crippen LogP contribution >= 0.6 is 0 Å². The smallest absolute Gasteiger partial charge is 0.418 e. The zero-order chi connectivity index (χ0) is 31.7. The molecule has 8 nitrogen and oxygen atoms in total. The van der Waals surface area contributed by atoms with E-state index in [1.54, 1.807) is 24.8 Å². The molecule has 0 saturated carbocycles. The fourth-order valence-electron chi connectivity index (χ4n) is 3.28. The van der Waals surface area contributed by atoms with E-state index in [4.69, 9.17) is 0 Å². The number of halogens is 4. The first-order valence-corrected chi connectivity index (χ1v) is 16.7. The van der Waals surface area contributed by atoms with Crippen LogP contribution in [-0.2, 0) is 16.8 Å². The van der Waals surface area contributed by atoms with Gasteiger partial charge in [-0.2, -0.15) is 0 Å². The summed E-state index contributed by atoms with van der Waals surface area (Å²) < 4.78 is 40.6. The standard InChI is InChI=1S/2C15H11N4Se.BF4.Co/c2*1-2-6-12(7-3-1)14-11-20-15(18-14)19-17-10-13-8-4-5-9-16-13;2-1(3,4)5;/h2*1-11H;;/q3*-1;+3/b2*17-10+;;. The van der Waals surface area contributed by atoms with Crippen LogP contribution in [-0.4, -0.2) is 68.6 Å². The van der Waals surface area contributed by atoms with Crippen molar-refractivity contribution in [3.63, 3.8) is 0 Å². The Hall–Kier alpha value is -4.17. The van der Waals surface area contributed by atoms with E-state index in [2.05, 4.69) is 50.9 Å². The van der Waals surface area contributed by atoms with Crippen LogP contribution in [0.4, 0.5) is 26.6 Å². The number of pyridine rings is 2. The maximum Gasteiger partial charge on any atom is 3.00 e. The molecule has 6 aromatic rings. The first-order chi connectivity index (χ1) is 21.8. The van der Waals surface area contributed by atoms with Crippen molar-refractivity contribution in [3.05, 3.63) is 142 Å². The summed E-state index contributed by atoms with van der Waals surface area (Å²) in [7, 11) is -6.00. The van der Waals surface area contributed by atoms with Gasteiger partial charge in [0.05, 0.1) is 0 Å². The summed E-state index contributed by atoms with van der Waals surface area (Å²) in [5, 5.41) is 8.08. The SMILES string of the molecule is C(=N\[N-]c1nc(-c2ccccc2)c[se]1)/c1ccccn1.C(=N\[N-]c1nc(-c2ccccc2)c[se]1)/c1ccccn1.F[B-](F)(F)F.[Co+3]. The van der Waals surface area contributed by atoms with Gasteiger partial charge in [0, 0.05) is 0 Å². The number of nitrogens with zero attached hydrogens (tertiary/aromatic N) is 8. The van der Waals surface area contributed by atoms with Crippen molar-refractivity contribution in [2.24, 2.45) is 10.2 Å². The quantitative estimate of drug-likeness (QED) is 0.0680. The largest absolute Gasteiger partial charge is 3.00 e. The molecule has 4 aromatic heterocycles. The van der Waals surface area contributed by atoms with Gasteiger partial charge in [-0.25, -0.2) is 0 Å². The topological polar surface area (TPSA) is 104 Å². The van der Waals surface area contributed by atoms with Crippen LogP contribution < -0.4 is 0 Å². The van der Waals surface area contributed by atoms with Crippen LogP contribution in [0.3, 0.4) is 0 Å². The van der Waals surface area contributed by atoms with Gasteiger partial charge in [0.1, 0.15) is 0 Å². The monoisotopic (exact) mass is 800 g/mol. The fraction of sp³-hybridized carbons (Fsp3) is 0. The molecule has 0 aliphatic carbocycles. The molecule has 0 aliphatic rings. The molecule has 0 bridgehead atoms. The molecule has 0 saturated heterocycles. The van der Waals surface area contributed by atoms with Crippen molar-refractivity contribution < 1.29 is 34.0 Å². The Bertz CT molecular complexity index is 1630. The molecule has 0 radical (unpaired) electrons. The van der Waals surface area contributed by atoms with Gasteiger partial charge in [0.2, 0.25) is 0 Å². The average molecular weight is 798 g/mol. The van der Waals surface area contributed by atoms with Crippen molar-refractivity contribution in [1.82, 2.24) is 19.9 Å². The molecule has 0 amide bonds. The normalized spacial score (nSPS) is 10.7. The van der Waals surface area contributed by atoms with Crippen molar-refractivity contribution in [3.8, 4) is 22.5 Å². The van der Waals surface area contributed by atoms with Crippen LogP contribution in [0.25, 0.3) is 33.4 Å². The Balaban J connectivity index is 0.000000215. The summed E-state index contributed by atoms with van der Waals surface area (Å²) >= 11 is 0.291. The second-order valence-corrected chi connectivity index (χ2v) is 12.0. The van der Waals surface area contributed by atoms with E-state index in [9.17, 15) is 17.3 Å². The molecule has 0 atom stereocenters. The molecule has 0 fully saturated rings. The molecular formula is C30H22BCoF4N8Se2. The first-order valence-electron chi connectivity index (χ1n) is 13.0. The Morgan fingerprint density at radius 2 is 0.935 bits per heavy atom. The number of hydrogen-bond donors (Lipinski definition) is 0. The van der Waals surface area contributed by atoms with E-state index in [-0.39, 0.29) is 45.8 Å². The van der Waals surface area contributed by atoms with Crippen LogP contribution in [0.5, 0.6) is 0 Å². The minimum Gasteiger partial charge on any atom is -0.418 e. The van der Waals surface area contributed by atoms with Gasteiger partial charge < -0.3 is 17.3 Å². The molecule has 0 N–H and O–H groups in total. The van der Waals surface area contributed by atoms with Crippen LogP contribution in [0, 0.1) is 0 Å². The van der Waals surface area contributed by atoms with Crippen molar-refractivity contribution in [1.29, 1.82) is 0 Å². The third-order valence-electron chi connectivity index (χ3n) is 5.17. The van der Waals surface area contributed by atoms with Crippen LogP contribution in [0.1, 0.15) is 11.4 Å². The van der Waals surface area contributed by atoms with Crippen molar-refractivity contribution >= 4 is 58.1 Å². The summed E-state index contributed by atoms with van der Waals surface area (Å²) in [4.78, 5) is 21.5. The molecule has 0 aliphatic heterocycles. The van der Waals surface area contributed by atoms with Gasteiger partial charge in [-0.1, -0.05) is 0 Å². The summed E-state index contributed by atoms with van der Waals surface area (Å²) in [6, 6.07) is 31.5. The van der Waals surface area contributed by atoms with E-state index < -0.39 is 7.25 Å². The number of benzene rings is 2.